The first-order valence-electron chi connectivity index (χ1n) is 8.67. The van der Waals surface area contributed by atoms with E-state index in [-0.39, 0.29) is 0 Å². The molecule has 0 aromatic carbocycles. The second-order valence-electron chi connectivity index (χ2n) is 5.76. The number of thioether (sulfide) groups is 1. The van der Waals surface area contributed by atoms with Crippen LogP contribution in [0.2, 0.25) is 0 Å². The number of nitrogens with two attached hydrogens (primary N) is 1. The van der Waals surface area contributed by atoms with Crippen molar-refractivity contribution in [1.29, 1.82) is 0 Å². The van der Waals surface area contributed by atoms with E-state index >= 15 is 0 Å². The zero-order chi connectivity index (χ0) is 19.2. The molecule has 9 heteroatoms. The van der Waals surface area contributed by atoms with Crippen LogP contribution >= 0.6 is 23.1 Å². The molecule has 0 amide bonds. The van der Waals surface area contributed by atoms with E-state index in [0.29, 0.717) is 18.3 Å². The van der Waals surface area contributed by atoms with Crippen LogP contribution < -0.4 is 16.0 Å². The maximum absolute atomic E-state index is 5.66. The van der Waals surface area contributed by atoms with Crippen molar-refractivity contribution in [3.63, 3.8) is 0 Å². The average molecular weight is 402 g/mol. The Bertz CT molecular complexity index is 880. The number of aromatic nitrogens is 4. The predicted molar refractivity (Wildman–Crippen MR) is 114 cm³/mol. The number of hydrogen-bond acceptors (Lipinski definition) is 9. The topological polar surface area (TPSA) is 92.8 Å². The van der Waals surface area contributed by atoms with E-state index < -0.39 is 0 Å². The molecule has 0 fully saturated rings. The van der Waals surface area contributed by atoms with Crippen LogP contribution in [-0.2, 0) is 0 Å². The van der Waals surface area contributed by atoms with Crippen molar-refractivity contribution in [3.05, 3.63) is 36.3 Å². The van der Waals surface area contributed by atoms with Gasteiger partial charge in [0.1, 0.15) is 5.82 Å². The molecule has 0 atom stereocenters. The summed E-state index contributed by atoms with van der Waals surface area (Å²) in [7, 11) is 0. The van der Waals surface area contributed by atoms with Gasteiger partial charge in [0.2, 0.25) is 5.95 Å². The molecule has 3 aromatic heterocycles. The fraction of sp³-hybridized carbons (Fsp3) is 0.333. The van der Waals surface area contributed by atoms with Gasteiger partial charge >= 0.3 is 0 Å². The van der Waals surface area contributed by atoms with Crippen molar-refractivity contribution >= 4 is 40.6 Å². The summed E-state index contributed by atoms with van der Waals surface area (Å²) in [6, 6.07) is 5.85. The fourth-order valence-corrected chi connectivity index (χ4v) is 4.21. The minimum absolute atomic E-state index is 0.514. The number of nitrogens with zero attached hydrogens (tertiary/aromatic N) is 5. The van der Waals surface area contributed by atoms with Crippen LogP contribution in [0.25, 0.3) is 10.6 Å². The van der Waals surface area contributed by atoms with Crippen LogP contribution in [0.1, 0.15) is 12.6 Å². The third kappa shape index (κ3) is 4.74. The van der Waals surface area contributed by atoms with Crippen molar-refractivity contribution < 1.29 is 0 Å². The average Bonchev–Trinajstić information content (AvgIpc) is 3.08. The largest absolute Gasteiger partial charge is 0.369 e. The number of hydrogen-bond donors (Lipinski definition) is 2. The molecule has 7 nitrogen and oxygen atoms in total. The van der Waals surface area contributed by atoms with E-state index in [1.165, 1.54) is 0 Å². The Hall–Kier alpha value is -2.23. The summed E-state index contributed by atoms with van der Waals surface area (Å²) in [4.78, 5) is 21.2. The maximum atomic E-state index is 5.66. The number of thiazole rings is 1. The van der Waals surface area contributed by atoms with Crippen molar-refractivity contribution in [2.24, 2.45) is 5.73 Å². The standard InChI is InChI=1S/C18H23N7S2/c1-4-25(10-8-19)13-5-6-15(21-11-13)24-17-20-9-7-14(23-17)16-12(2)22-18(26-3)27-16/h5-7,9,11H,4,8,10,19H2,1-3H3,(H,20,21,23,24). The molecule has 0 aliphatic heterocycles. The van der Waals surface area contributed by atoms with Crippen molar-refractivity contribution in [2.75, 3.05) is 36.1 Å². The zero-order valence-electron chi connectivity index (χ0n) is 15.6. The van der Waals surface area contributed by atoms with Crippen molar-refractivity contribution in [2.45, 2.75) is 18.2 Å². The van der Waals surface area contributed by atoms with Crippen LogP contribution in [0.5, 0.6) is 0 Å². The van der Waals surface area contributed by atoms with Gasteiger partial charge in [-0.3, -0.25) is 0 Å². The highest BCUT2D eigenvalue weighted by molar-refractivity contribution is 8.00. The van der Waals surface area contributed by atoms with Crippen LogP contribution in [0.3, 0.4) is 0 Å². The molecule has 0 saturated carbocycles. The summed E-state index contributed by atoms with van der Waals surface area (Å²) >= 11 is 3.28. The zero-order valence-corrected chi connectivity index (χ0v) is 17.3. The molecular weight excluding hydrogens is 378 g/mol. The highest BCUT2D eigenvalue weighted by atomic mass is 32.2. The Morgan fingerprint density at radius 2 is 2.07 bits per heavy atom. The predicted octanol–water partition coefficient (Wildman–Crippen LogP) is 3.55. The SMILES string of the molecule is CCN(CCN)c1ccc(Nc2nccc(-c3sc(SC)nc3C)n2)nc1. The summed E-state index contributed by atoms with van der Waals surface area (Å²) in [6.45, 7) is 6.42. The summed E-state index contributed by atoms with van der Waals surface area (Å²) in [5.41, 5.74) is 8.55. The Balaban J connectivity index is 1.77. The Morgan fingerprint density at radius 1 is 1.22 bits per heavy atom. The first kappa shape index (κ1) is 19.5. The number of aryl methyl sites for hydroxylation is 1. The lowest BCUT2D eigenvalue weighted by Crippen LogP contribution is -2.29. The maximum Gasteiger partial charge on any atom is 0.228 e. The summed E-state index contributed by atoms with van der Waals surface area (Å²) in [6.07, 6.45) is 5.61. The lowest BCUT2D eigenvalue weighted by molar-refractivity contribution is 0.814. The van der Waals surface area contributed by atoms with Gasteiger partial charge in [-0.25, -0.2) is 19.9 Å². The van der Waals surface area contributed by atoms with Gasteiger partial charge in [-0.2, -0.15) is 0 Å². The highest BCUT2D eigenvalue weighted by Gasteiger charge is 2.12. The molecule has 142 valence electrons. The van der Waals surface area contributed by atoms with E-state index in [1.54, 1.807) is 29.3 Å². The normalized spacial score (nSPS) is 10.8. The van der Waals surface area contributed by atoms with Gasteiger partial charge in [-0.05, 0) is 38.3 Å². The van der Waals surface area contributed by atoms with E-state index in [9.17, 15) is 0 Å². The Kier molecular flexibility index (Phi) is 6.59. The second-order valence-corrected chi connectivity index (χ2v) is 7.81. The Labute approximate surface area is 167 Å². The first-order valence-corrected chi connectivity index (χ1v) is 10.7. The van der Waals surface area contributed by atoms with Gasteiger partial charge in [0.25, 0.3) is 0 Å². The van der Waals surface area contributed by atoms with Gasteiger partial charge in [0, 0.05) is 25.8 Å². The lowest BCUT2D eigenvalue weighted by Gasteiger charge is -2.21. The fourth-order valence-electron chi connectivity index (χ4n) is 2.63. The number of pyridine rings is 1. The number of likely N-dealkylation sites (N-methyl/N-ethyl adjacent to an activating group) is 1. The van der Waals surface area contributed by atoms with Gasteiger partial charge in [0.05, 0.1) is 28.1 Å². The molecule has 3 heterocycles. The molecule has 0 unspecified atom stereocenters. The quantitative estimate of drug-likeness (QED) is 0.554. The van der Waals surface area contributed by atoms with Gasteiger partial charge in [-0.1, -0.05) is 11.8 Å². The highest BCUT2D eigenvalue weighted by Crippen LogP contribution is 2.33. The van der Waals surface area contributed by atoms with Crippen molar-refractivity contribution in [1.82, 2.24) is 19.9 Å². The van der Waals surface area contributed by atoms with Gasteiger partial charge in [-0.15, -0.1) is 11.3 Å². The summed E-state index contributed by atoms with van der Waals surface area (Å²) < 4.78 is 1.03. The van der Waals surface area contributed by atoms with E-state index in [1.807, 2.05) is 37.6 Å². The minimum atomic E-state index is 0.514. The Morgan fingerprint density at radius 3 is 2.70 bits per heavy atom. The van der Waals surface area contributed by atoms with E-state index in [2.05, 4.69) is 37.1 Å². The molecule has 3 rings (SSSR count). The number of anilines is 3. The summed E-state index contributed by atoms with van der Waals surface area (Å²) in [5.74, 6) is 1.21. The molecule has 0 aliphatic rings. The lowest BCUT2D eigenvalue weighted by atomic mass is 10.3. The van der Waals surface area contributed by atoms with Gasteiger partial charge in [0.15, 0.2) is 4.34 Å². The monoisotopic (exact) mass is 401 g/mol. The second kappa shape index (κ2) is 9.12. The van der Waals surface area contributed by atoms with E-state index in [4.69, 9.17) is 5.73 Å². The minimum Gasteiger partial charge on any atom is -0.369 e. The van der Waals surface area contributed by atoms with E-state index in [0.717, 1.165) is 39.4 Å². The van der Waals surface area contributed by atoms with Crippen molar-refractivity contribution in [3.8, 4) is 10.6 Å². The molecule has 0 bridgehead atoms. The summed E-state index contributed by atoms with van der Waals surface area (Å²) in [5, 5.41) is 3.17. The van der Waals surface area contributed by atoms with Crippen LogP contribution in [0.15, 0.2) is 34.9 Å². The van der Waals surface area contributed by atoms with Crippen LogP contribution in [-0.4, -0.2) is 45.8 Å². The molecule has 27 heavy (non-hydrogen) atoms. The molecule has 0 saturated heterocycles. The third-order valence-corrected chi connectivity index (χ3v) is 6.14. The molecule has 0 aliphatic carbocycles. The van der Waals surface area contributed by atoms with Crippen LogP contribution in [0.4, 0.5) is 17.5 Å². The number of nitrogens with one attached hydrogen (secondary N) is 1. The molecule has 0 spiro atoms. The molecular formula is C18H23N7S2. The first-order chi connectivity index (χ1) is 13.1. The number of rotatable bonds is 8. The molecule has 0 radical (unpaired) electrons. The molecule has 3 N–H and O–H groups in total. The third-order valence-electron chi connectivity index (χ3n) is 3.97. The molecule has 3 aromatic rings. The van der Waals surface area contributed by atoms with Gasteiger partial charge < -0.3 is 16.0 Å². The smallest absolute Gasteiger partial charge is 0.228 e. The van der Waals surface area contributed by atoms with Crippen LogP contribution in [0, 0.1) is 6.92 Å².